The van der Waals surface area contributed by atoms with Crippen molar-refractivity contribution in [1.29, 1.82) is 0 Å². The second kappa shape index (κ2) is 6.39. The highest BCUT2D eigenvalue weighted by Gasteiger charge is 2.52. The third kappa shape index (κ3) is 2.44. The van der Waals surface area contributed by atoms with Crippen LogP contribution in [-0.4, -0.2) is 34.8 Å². The van der Waals surface area contributed by atoms with Crippen LogP contribution in [0.3, 0.4) is 0 Å². The summed E-state index contributed by atoms with van der Waals surface area (Å²) in [5.74, 6) is -0.0850. The Balaban J connectivity index is 2.00. The second-order valence-electron chi connectivity index (χ2n) is 6.04. The van der Waals surface area contributed by atoms with Crippen molar-refractivity contribution in [2.75, 3.05) is 6.54 Å². The van der Waals surface area contributed by atoms with Gasteiger partial charge in [0, 0.05) is 18.0 Å². The van der Waals surface area contributed by atoms with E-state index in [9.17, 15) is 9.59 Å². The first-order chi connectivity index (χ1) is 10.7. The van der Waals surface area contributed by atoms with E-state index in [-0.39, 0.29) is 23.9 Å². The summed E-state index contributed by atoms with van der Waals surface area (Å²) in [7, 11) is 0. The minimum atomic E-state index is -0.212. The van der Waals surface area contributed by atoms with Crippen molar-refractivity contribution < 1.29 is 9.59 Å². The predicted molar refractivity (Wildman–Crippen MR) is 85.2 cm³/mol. The maximum atomic E-state index is 12.3. The highest BCUT2D eigenvalue weighted by molar-refractivity contribution is 6.31. The molecule has 0 unspecified atom stereocenters. The Bertz CT molecular complexity index is 578. The lowest BCUT2D eigenvalue weighted by molar-refractivity contribution is -0.138. The summed E-state index contributed by atoms with van der Waals surface area (Å²) in [6.45, 7) is 2.79. The Labute approximate surface area is 136 Å². The van der Waals surface area contributed by atoms with Gasteiger partial charge in [-0.05, 0) is 18.1 Å². The number of nitrogens with zero attached hydrogens (tertiary/aromatic N) is 2. The monoisotopic (exact) mass is 320 g/mol. The third-order valence-electron chi connectivity index (χ3n) is 4.77. The normalized spacial score (nSPS) is 28.2. The number of rotatable bonds is 5. The van der Waals surface area contributed by atoms with E-state index in [1.165, 1.54) is 0 Å². The molecule has 0 saturated carbocycles. The summed E-state index contributed by atoms with van der Waals surface area (Å²) in [6, 6.07) is 7.48. The minimum Gasteiger partial charge on any atom is -0.303 e. The summed E-state index contributed by atoms with van der Waals surface area (Å²) in [4.78, 5) is 24.1. The van der Waals surface area contributed by atoms with Crippen LogP contribution in [0.15, 0.2) is 24.3 Å². The third-order valence-corrected chi connectivity index (χ3v) is 5.11. The quantitative estimate of drug-likeness (QED) is 0.782. The van der Waals surface area contributed by atoms with Gasteiger partial charge in [0.15, 0.2) is 0 Å². The van der Waals surface area contributed by atoms with E-state index >= 15 is 0 Å². The van der Waals surface area contributed by atoms with Gasteiger partial charge < -0.3 is 4.79 Å². The van der Waals surface area contributed by atoms with Gasteiger partial charge in [-0.3, -0.25) is 9.80 Å². The fourth-order valence-electron chi connectivity index (χ4n) is 3.77. The van der Waals surface area contributed by atoms with E-state index in [1.54, 1.807) is 0 Å². The largest absolute Gasteiger partial charge is 0.303 e. The molecule has 0 aromatic heterocycles. The first-order valence-electron chi connectivity index (χ1n) is 7.97. The smallest absolute Gasteiger partial charge is 0.238 e. The molecular weight excluding hydrogens is 300 g/mol. The molecule has 2 aliphatic rings. The Kier molecular flexibility index (Phi) is 4.50. The van der Waals surface area contributed by atoms with Gasteiger partial charge in [-0.25, -0.2) is 5.01 Å². The Morgan fingerprint density at radius 2 is 2.14 bits per heavy atom. The molecule has 1 aromatic rings. The van der Waals surface area contributed by atoms with Crippen LogP contribution in [0.5, 0.6) is 0 Å². The Hall–Kier alpha value is -1.39. The molecule has 2 aliphatic heterocycles. The number of aldehydes is 1. The topological polar surface area (TPSA) is 40.6 Å². The van der Waals surface area contributed by atoms with Crippen molar-refractivity contribution in [1.82, 2.24) is 10.0 Å². The summed E-state index contributed by atoms with van der Waals surface area (Å²) in [5.41, 5.74) is 0.944. The number of halogens is 1. The molecule has 1 amide bonds. The molecule has 0 bridgehead atoms. The lowest BCUT2D eigenvalue weighted by Gasteiger charge is -2.27. The summed E-state index contributed by atoms with van der Waals surface area (Å²) in [6.07, 6.45) is 4.47. The van der Waals surface area contributed by atoms with Gasteiger partial charge in [0.2, 0.25) is 5.91 Å². The molecule has 1 aromatic carbocycles. The van der Waals surface area contributed by atoms with Crippen LogP contribution in [-0.2, 0) is 9.59 Å². The lowest BCUT2D eigenvalue weighted by Crippen LogP contribution is -2.39. The zero-order valence-electron chi connectivity index (χ0n) is 12.7. The van der Waals surface area contributed by atoms with Crippen LogP contribution in [0.25, 0.3) is 0 Å². The van der Waals surface area contributed by atoms with E-state index < -0.39 is 0 Å². The Morgan fingerprint density at radius 3 is 2.82 bits per heavy atom. The van der Waals surface area contributed by atoms with Gasteiger partial charge in [0.1, 0.15) is 6.29 Å². The van der Waals surface area contributed by atoms with Crippen molar-refractivity contribution in [3.63, 3.8) is 0 Å². The molecule has 3 atom stereocenters. The molecular formula is C17H21ClN2O2. The van der Waals surface area contributed by atoms with Crippen LogP contribution >= 0.6 is 11.6 Å². The zero-order chi connectivity index (χ0) is 15.7. The molecule has 2 saturated heterocycles. The molecule has 0 radical (unpaired) electrons. The summed E-state index contributed by atoms with van der Waals surface area (Å²) >= 11 is 6.36. The van der Waals surface area contributed by atoms with Crippen molar-refractivity contribution in [2.45, 2.75) is 44.7 Å². The molecule has 0 N–H and O–H groups in total. The highest BCUT2D eigenvalue weighted by atomic mass is 35.5. The standard InChI is InChI=1S/C17H21ClN2O2/c1-2-3-8-15-13(11-21)17(12-6-4-5-7-14(12)18)19-10-9-16(22)20(15)19/h4-7,11,13,15,17H,2-3,8-10H2,1H3/t13-,15-,17-/m1/s1. The van der Waals surface area contributed by atoms with Crippen molar-refractivity contribution in [3.8, 4) is 0 Å². The number of benzene rings is 1. The van der Waals surface area contributed by atoms with Crippen LogP contribution < -0.4 is 0 Å². The SMILES string of the molecule is CCCC[C@@H]1[C@@H](C=O)[C@@H](c2ccccc2Cl)N2CCC(=O)N12. The first kappa shape index (κ1) is 15.5. The van der Waals surface area contributed by atoms with Crippen LogP contribution in [0.4, 0.5) is 0 Å². The van der Waals surface area contributed by atoms with Crippen molar-refractivity contribution in [2.24, 2.45) is 5.92 Å². The molecule has 118 valence electrons. The summed E-state index contributed by atoms with van der Waals surface area (Å²) in [5, 5.41) is 4.56. The highest BCUT2D eigenvalue weighted by Crippen LogP contribution is 2.46. The molecule has 22 heavy (non-hydrogen) atoms. The molecule has 2 fully saturated rings. The van der Waals surface area contributed by atoms with Gasteiger partial charge in [-0.15, -0.1) is 0 Å². The number of hydrogen-bond donors (Lipinski definition) is 0. The number of amides is 1. The number of unbranched alkanes of at least 4 members (excludes halogenated alkanes) is 1. The van der Waals surface area contributed by atoms with E-state index in [0.717, 1.165) is 31.1 Å². The van der Waals surface area contributed by atoms with Crippen LogP contribution in [0, 0.1) is 5.92 Å². The Morgan fingerprint density at radius 1 is 1.36 bits per heavy atom. The molecule has 3 rings (SSSR count). The maximum absolute atomic E-state index is 12.3. The molecule has 2 heterocycles. The second-order valence-corrected chi connectivity index (χ2v) is 6.45. The number of hydrogen-bond acceptors (Lipinski definition) is 3. The number of carbonyl (C=O) groups excluding carboxylic acids is 2. The number of fused-ring (bicyclic) bond motifs is 1. The van der Waals surface area contributed by atoms with E-state index in [1.807, 2.05) is 29.3 Å². The average molecular weight is 321 g/mol. The molecule has 5 heteroatoms. The van der Waals surface area contributed by atoms with Crippen molar-refractivity contribution >= 4 is 23.8 Å². The zero-order valence-corrected chi connectivity index (χ0v) is 13.5. The van der Waals surface area contributed by atoms with Gasteiger partial charge in [-0.2, -0.15) is 0 Å². The summed E-state index contributed by atoms with van der Waals surface area (Å²) < 4.78 is 0. The van der Waals surface area contributed by atoms with Gasteiger partial charge in [0.05, 0.1) is 18.0 Å². The van der Waals surface area contributed by atoms with Gasteiger partial charge in [-0.1, -0.05) is 49.6 Å². The van der Waals surface area contributed by atoms with Gasteiger partial charge in [0.25, 0.3) is 0 Å². The lowest BCUT2D eigenvalue weighted by atomic mass is 9.87. The predicted octanol–water partition coefficient (Wildman–Crippen LogP) is 3.22. The number of hydrazine groups is 1. The van der Waals surface area contributed by atoms with E-state index in [0.29, 0.717) is 18.0 Å². The fraction of sp³-hybridized carbons (Fsp3) is 0.529. The molecule has 0 spiro atoms. The molecule has 0 aliphatic carbocycles. The first-order valence-corrected chi connectivity index (χ1v) is 8.35. The van der Waals surface area contributed by atoms with Crippen molar-refractivity contribution in [3.05, 3.63) is 34.9 Å². The van der Waals surface area contributed by atoms with Crippen LogP contribution in [0.2, 0.25) is 5.02 Å². The van der Waals surface area contributed by atoms with Gasteiger partial charge >= 0.3 is 0 Å². The fourth-order valence-corrected chi connectivity index (χ4v) is 4.02. The van der Waals surface area contributed by atoms with Crippen LogP contribution in [0.1, 0.15) is 44.2 Å². The van der Waals surface area contributed by atoms with E-state index in [4.69, 9.17) is 11.6 Å². The van der Waals surface area contributed by atoms with E-state index in [2.05, 4.69) is 11.9 Å². The average Bonchev–Trinajstić information content (AvgIpc) is 3.04. The minimum absolute atomic E-state index is 0.0336. The number of carbonyl (C=O) groups is 2. The molecule has 4 nitrogen and oxygen atoms in total. The maximum Gasteiger partial charge on any atom is 0.238 e.